The number of nitrogens with one attached hydrogen (secondary N) is 3. The maximum atomic E-state index is 12.2. The van der Waals surface area contributed by atoms with Crippen LogP contribution in [0.1, 0.15) is 15.9 Å². The van der Waals surface area contributed by atoms with Crippen LogP contribution in [-0.4, -0.2) is 44.2 Å². The van der Waals surface area contributed by atoms with Crippen LogP contribution in [0.15, 0.2) is 52.5 Å². The van der Waals surface area contributed by atoms with Crippen LogP contribution in [-0.2, 0) is 14.8 Å². The lowest BCUT2D eigenvalue weighted by Crippen LogP contribution is -2.26. The SMILES string of the molecule is NS(=O)(=O)c1ccc(NN=C2C(=O)Nc3ccc(C(=O)NCCO)cc32)cc1. The quantitative estimate of drug-likeness (QED) is 0.420. The Morgan fingerprint density at radius 1 is 1.18 bits per heavy atom. The summed E-state index contributed by atoms with van der Waals surface area (Å²) in [4.78, 5) is 24.2. The number of anilines is 2. The summed E-state index contributed by atoms with van der Waals surface area (Å²) in [5.41, 5.74) is 4.45. The number of benzene rings is 2. The largest absolute Gasteiger partial charge is 0.395 e. The first-order valence-electron chi connectivity index (χ1n) is 8.11. The number of amides is 2. The topological polar surface area (TPSA) is 163 Å². The molecule has 0 radical (unpaired) electrons. The van der Waals surface area contributed by atoms with Crippen molar-refractivity contribution in [1.29, 1.82) is 0 Å². The molecule has 1 heterocycles. The van der Waals surface area contributed by atoms with Gasteiger partial charge >= 0.3 is 0 Å². The molecule has 0 atom stereocenters. The molecular weight excluding hydrogens is 386 g/mol. The smallest absolute Gasteiger partial charge is 0.276 e. The Bertz CT molecular complexity index is 1060. The number of primary sulfonamides is 1. The molecule has 2 aromatic rings. The van der Waals surface area contributed by atoms with E-state index in [2.05, 4.69) is 21.2 Å². The van der Waals surface area contributed by atoms with Gasteiger partial charge in [-0.1, -0.05) is 0 Å². The molecule has 0 saturated heterocycles. The van der Waals surface area contributed by atoms with Crippen LogP contribution in [0.2, 0.25) is 0 Å². The van der Waals surface area contributed by atoms with E-state index in [0.29, 0.717) is 22.5 Å². The molecule has 146 valence electrons. The van der Waals surface area contributed by atoms with Gasteiger partial charge in [0.25, 0.3) is 11.8 Å². The van der Waals surface area contributed by atoms with E-state index in [9.17, 15) is 18.0 Å². The molecule has 6 N–H and O–H groups in total. The van der Waals surface area contributed by atoms with E-state index in [1.807, 2.05) is 0 Å². The maximum absolute atomic E-state index is 12.2. The van der Waals surface area contributed by atoms with Gasteiger partial charge < -0.3 is 15.7 Å². The van der Waals surface area contributed by atoms with E-state index in [1.54, 1.807) is 12.1 Å². The summed E-state index contributed by atoms with van der Waals surface area (Å²) in [6, 6.07) is 10.2. The molecule has 2 aromatic carbocycles. The van der Waals surface area contributed by atoms with E-state index in [1.165, 1.54) is 30.3 Å². The number of sulfonamides is 1. The van der Waals surface area contributed by atoms with Gasteiger partial charge in [-0.3, -0.25) is 15.0 Å². The first-order chi connectivity index (χ1) is 13.3. The lowest BCUT2D eigenvalue weighted by atomic mass is 10.1. The monoisotopic (exact) mass is 403 g/mol. The molecule has 3 rings (SSSR count). The van der Waals surface area contributed by atoms with Crippen molar-refractivity contribution < 1.29 is 23.1 Å². The highest BCUT2D eigenvalue weighted by atomic mass is 32.2. The maximum Gasteiger partial charge on any atom is 0.276 e. The number of aliphatic hydroxyl groups is 1. The van der Waals surface area contributed by atoms with Gasteiger partial charge in [0.05, 0.1) is 22.9 Å². The number of aliphatic hydroxyl groups excluding tert-OH is 1. The average molecular weight is 403 g/mol. The van der Waals surface area contributed by atoms with Gasteiger partial charge in [-0.2, -0.15) is 5.10 Å². The van der Waals surface area contributed by atoms with Crippen molar-refractivity contribution in [1.82, 2.24) is 5.32 Å². The molecule has 10 nitrogen and oxygen atoms in total. The van der Waals surface area contributed by atoms with E-state index in [4.69, 9.17) is 10.2 Å². The van der Waals surface area contributed by atoms with Gasteiger partial charge in [0.1, 0.15) is 0 Å². The number of nitrogens with two attached hydrogens (primary N) is 1. The summed E-state index contributed by atoms with van der Waals surface area (Å²) in [5.74, 6) is -0.835. The van der Waals surface area contributed by atoms with E-state index < -0.39 is 15.9 Å². The second-order valence-electron chi connectivity index (χ2n) is 5.84. The summed E-state index contributed by atoms with van der Waals surface area (Å²) in [6.45, 7) is -0.0677. The summed E-state index contributed by atoms with van der Waals surface area (Å²) in [7, 11) is -3.80. The van der Waals surface area contributed by atoms with Crippen LogP contribution >= 0.6 is 0 Å². The standard InChI is InChI=1S/C17H17N5O5S/c18-28(26,27)12-4-2-11(3-5-12)21-22-15-13-9-10(16(24)19-7-8-23)1-6-14(13)20-17(15)25/h1-6,9,21,23H,7-8H2,(H,19,24)(H2,18,26,27)(H,20,22,25). The number of hydrogen-bond acceptors (Lipinski definition) is 7. The second kappa shape index (κ2) is 7.76. The molecule has 2 amide bonds. The minimum atomic E-state index is -3.80. The number of nitrogens with zero attached hydrogens (tertiary/aromatic N) is 1. The summed E-state index contributed by atoms with van der Waals surface area (Å²) < 4.78 is 22.5. The number of carbonyl (C=O) groups excluding carboxylic acids is 2. The van der Waals surface area contributed by atoms with Crippen molar-refractivity contribution in [2.45, 2.75) is 4.90 Å². The Hall–Kier alpha value is -3.28. The van der Waals surface area contributed by atoms with Crippen LogP contribution < -0.4 is 21.2 Å². The van der Waals surface area contributed by atoms with Gasteiger partial charge in [0.15, 0.2) is 5.71 Å². The average Bonchev–Trinajstić information content (AvgIpc) is 2.98. The van der Waals surface area contributed by atoms with Crippen LogP contribution in [0, 0.1) is 0 Å². The highest BCUT2D eigenvalue weighted by molar-refractivity contribution is 7.89. The van der Waals surface area contributed by atoms with E-state index >= 15 is 0 Å². The molecule has 0 bridgehead atoms. The Morgan fingerprint density at radius 3 is 2.54 bits per heavy atom. The number of carbonyl (C=O) groups is 2. The van der Waals surface area contributed by atoms with Gasteiger partial charge in [-0.15, -0.1) is 0 Å². The van der Waals surface area contributed by atoms with Crippen LogP contribution in [0.4, 0.5) is 11.4 Å². The fourth-order valence-electron chi connectivity index (χ4n) is 2.52. The Kier molecular flexibility index (Phi) is 5.40. The van der Waals surface area contributed by atoms with Crippen molar-refractivity contribution in [3.63, 3.8) is 0 Å². The minimum Gasteiger partial charge on any atom is -0.395 e. The van der Waals surface area contributed by atoms with E-state index in [-0.39, 0.29) is 29.7 Å². The third-order valence-electron chi connectivity index (χ3n) is 3.88. The van der Waals surface area contributed by atoms with Crippen molar-refractivity contribution >= 4 is 38.9 Å². The van der Waals surface area contributed by atoms with Gasteiger partial charge in [0, 0.05) is 17.7 Å². The van der Waals surface area contributed by atoms with Crippen molar-refractivity contribution in [3.8, 4) is 0 Å². The molecule has 0 saturated carbocycles. The lowest BCUT2D eigenvalue weighted by molar-refractivity contribution is -0.110. The number of fused-ring (bicyclic) bond motifs is 1. The van der Waals surface area contributed by atoms with Crippen LogP contribution in [0.5, 0.6) is 0 Å². The summed E-state index contributed by atoms with van der Waals surface area (Å²) in [5, 5.41) is 23.1. The normalized spacial score (nSPS) is 14.5. The predicted octanol–water partition coefficient (Wildman–Crippen LogP) is -0.176. The van der Waals surface area contributed by atoms with Gasteiger partial charge in [-0.25, -0.2) is 13.6 Å². The number of hydrogen-bond donors (Lipinski definition) is 5. The molecule has 11 heteroatoms. The van der Waals surface area contributed by atoms with Crippen LogP contribution in [0.25, 0.3) is 0 Å². The Labute approximate surface area is 160 Å². The second-order valence-corrected chi connectivity index (χ2v) is 7.40. The molecule has 1 aliphatic heterocycles. The zero-order valence-corrected chi connectivity index (χ0v) is 15.3. The van der Waals surface area contributed by atoms with E-state index in [0.717, 1.165) is 0 Å². The summed E-state index contributed by atoms with van der Waals surface area (Å²) >= 11 is 0. The zero-order chi connectivity index (χ0) is 20.3. The molecule has 0 fully saturated rings. The lowest BCUT2D eigenvalue weighted by Gasteiger charge is -2.06. The third-order valence-corrected chi connectivity index (χ3v) is 4.81. The fraction of sp³-hybridized carbons (Fsp3) is 0.118. The number of hydrazone groups is 1. The zero-order valence-electron chi connectivity index (χ0n) is 14.5. The first-order valence-corrected chi connectivity index (χ1v) is 9.65. The molecule has 28 heavy (non-hydrogen) atoms. The van der Waals surface area contributed by atoms with Gasteiger partial charge in [-0.05, 0) is 42.5 Å². The minimum absolute atomic E-state index is 0.0480. The third kappa shape index (κ3) is 4.17. The van der Waals surface area contributed by atoms with Crippen molar-refractivity contribution in [2.75, 3.05) is 23.9 Å². The van der Waals surface area contributed by atoms with Crippen molar-refractivity contribution in [3.05, 3.63) is 53.6 Å². The number of rotatable bonds is 6. The predicted molar refractivity (Wildman–Crippen MR) is 102 cm³/mol. The molecule has 0 unspecified atom stereocenters. The Morgan fingerprint density at radius 2 is 1.89 bits per heavy atom. The molecule has 0 aliphatic carbocycles. The summed E-state index contributed by atoms with van der Waals surface area (Å²) in [6.07, 6.45) is 0. The first kappa shape index (κ1) is 19.5. The highest BCUT2D eigenvalue weighted by Crippen LogP contribution is 2.25. The molecule has 0 aromatic heterocycles. The Balaban J connectivity index is 1.83. The molecule has 0 spiro atoms. The van der Waals surface area contributed by atoms with Gasteiger partial charge in [0.2, 0.25) is 10.0 Å². The highest BCUT2D eigenvalue weighted by Gasteiger charge is 2.27. The van der Waals surface area contributed by atoms with Crippen molar-refractivity contribution in [2.24, 2.45) is 10.2 Å². The van der Waals surface area contributed by atoms with Crippen LogP contribution in [0.3, 0.4) is 0 Å². The molecule has 1 aliphatic rings. The fourth-order valence-corrected chi connectivity index (χ4v) is 3.03. The molecular formula is C17H17N5O5S.